The van der Waals surface area contributed by atoms with Gasteiger partial charge in [-0.1, -0.05) is 16.8 Å². The van der Waals surface area contributed by atoms with Crippen molar-refractivity contribution in [1.82, 2.24) is 30.0 Å². The number of rotatable bonds is 6. The summed E-state index contributed by atoms with van der Waals surface area (Å²) in [7, 11) is 0. The second kappa shape index (κ2) is 7.75. The maximum absolute atomic E-state index is 12.8. The zero-order valence-electron chi connectivity index (χ0n) is 15.8. The molecule has 2 aromatic rings. The van der Waals surface area contributed by atoms with Gasteiger partial charge in [-0.3, -0.25) is 4.79 Å². The first kappa shape index (κ1) is 18.1. The third kappa shape index (κ3) is 3.87. The maximum Gasteiger partial charge on any atom is 0.276 e. The van der Waals surface area contributed by atoms with Crippen molar-refractivity contribution in [2.45, 2.75) is 76.4 Å². The molecule has 2 N–H and O–H groups in total. The van der Waals surface area contributed by atoms with Gasteiger partial charge in [-0.2, -0.15) is 4.98 Å². The number of carbonyl (C=O) groups excluding carboxylic acids is 1. The number of nitrogens with zero attached hydrogens (tertiary/aromatic N) is 6. The van der Waals surface area contributed by atoms with Gasteiger partial charge in [-0.15, -0.1) is 5.10 Å². The van der Waals surface area contributed by atoms with Gasteiger partial charge in [-0.25, -0.2) is 4.68 Å². The summed E-state index contributed by atoms with van der Waals surface area (Å²) < 4.78 is 7.17. The Hall–Kier alpha value is -2.29. The van der Waals surface area contributed by atoms with Crippen molar-refractivity contribution in [3.05, 3.63) is 23.6 Å². The third-order valence-electron chi connectivity index (χ3n) is 5.78. The van der Waals surface area contributed by atoms with Crippen LogP contribution in [-0.4, -0.2) is 48.5 Å². The third-order valence-corrected chi connectivity index (χ3v) is 5.78. The lowest BCUT2D eigenvalue weighted by Gasteiger charge is -2.25. The number of nitrogens with two attached hydrogens (primary N) is 1. The standard InChI is InChI=1S/C18H27N7O2/c1-2-24(11-16-20-17(27-22-16)12-4-3-5-12)18(26)15-10-25(23-21-15)14-8-6-13(19)7-9-14/h10,12-14H,2-9,11,19H2,1H3. The van der Waals surface area contributed by atoms with Gasteiger partial charge in [0.25, 0.3) is 5.91 Å². The van der Waals surface area contributed by atoms with Crippen LogP contribution in [0.5, 0.6) is 0 Å². The Balaban J connectivity index is 1.40. The number of hydrogen-bond acceptors (Lipinski definition) is 7. The lowest BCUT2D eigenvalue weighted by atomic mass is 9.85. The molecule has 0 saturated heterocycles. The van der Waals surface area contributed by atoms with Crippen molar-refractivity contribution in [3.8, 4) is 0 Å². The van der Waals surface area contributed by atoms with Gasteiger partial charge in [0.15, 0.2) is 11.5 Å². The fourth-order valence-corrected chi connectivity index (χ4v) is 3.73. The first-order valence-corrected chi connectivity index (χ1v) is 9.93. The van der Waals surface area contributed by atoms with Crippen molar-refractivity contribution in [2.75, 3.05) is 6.54 Å². The van der Waals surface area contributed by atoms with Gasteiger partial charge in [0.1, 0.15) is 0 Å². The summed E-state index contributed by atoms with van der Waals surface area (Å²) in [6.45, 7) is 2.78. The SMILES string of the molecule is CCN(Cc1noc(C2CCC2)n1)C(=O)c1cn(C2CCC(N)CC2)nn1. The predicted octanol–water partition coefficient (Wildman–Crippen LogP) is 2.03. The number of carbonyl (C=O) groups is 1. The molecule has 4 rings (SSSR count). The topological polar surface area (TPSA) is 116 Å². The molecular formula is C18H27N7O2. The summed E-state index contributed by atoms with van der Waals surface area (Å²) in [6.07, 6.45) is 9.09. The van der Waals surface area contributed by atoms with Gasteiger partial charge in [0.05, 0.1) is 18.8 Å². The van der Waals surface area contributed by atoms with E-state index in [-0.39, 0.29) is 18.0 Å². The van der Waals surface area contributed by atoms with Crippen LogP contribution in [0.4, 0.5) is 0 Å². The van der Waals surface area contributed by atoms with E-state index in [9.17, 15) is 4.79 Å². The Bertz CT molecular complexity index is 774. The van der Waals surface area contributed by atoms with Crippen LogP contribution < -0.4 is 5.73 Å². The summed E-state index contributed by atoms with van der Waals surface area (Å²) >= 11 is 0. The monoisotopic (exact) mass is 373 g/mol. The molecule has 0 aromatic carbocycles. The van der Waals surface area contributed by atoms with Gasteiger partial charge < -0.3 is 15.2 Å². The molecule has 2 saturated carbocycles. The van der Waals surface area contributed by atoms with Gasteiger partial charge in [-0.05, 0) is 45.4 Å². The van der Waals surface area contributed by atoms with E-state index in [4.69, 9.17) is 10.3 Å². The van der Waals surface area contributed by atoms with Crippen LogP contribution in [0.25, 0.3) is 0 Å². The average molecular weight is 373 g/mol. The lowest BCUT2D eigenvalue weighted by molar-refractivity contribution is 0.0741. The van der Waals surface area contributed by atoms with E-state index < -0.39 is 0 Å². The van der Waals surface area contributed by atoms with Gasteiger partial charge in [0.2, 0.25) is 5.89 Å². The highest BCUT2D eigenvalue weighted by molar-refractivity contribution is 5.91. The number of aromatic nitrogens is 5. The maximum atomic E-state index is 12.8. The van der Waals surface area contributed by atoms with E-state index in [1.165, 1.54) is 6.42 Å². The molecule has 0 atom stereocenters. The van der Waals surface area contributed by atoms with Crippen molar-refractivity contribution in [1.29, 1.82) is 0 Å². The summed E-state index contributed by atoms with van der Waals surface area (Å²) in [5.74, 6) is 1.47. The first-order chi connectivity index (χ1) is 13.1. The first-order valence-electron chi connectivity index (χ1n) is 9.93. The molecule has 1 amide bonds. The summed E-state index contributed by atoms with van der Waals surface area (Å²) in [6, 6.07) is 0.553. The van der Waals surface area contributed by atoms with Crippen LogP contribution >= 0.6 is 0 Å². The molecule has 0 bridgehead atoms. The molecule has 2 aromatic heterocycles. The Labute approximate surface area is 158 Å². The van der Waals surface area contributed by atoms with E-state index in [2.05, 4.69) is 20.5 Å². The fraction of sp³-hybridized carbons (Fsp3) is 0.722. The Morgan fingerprint density at radius 1 is 1.30 bits per heavy atom. The normalized spacial score (nSPS) is 23.2. The van der Waals surface area contributed by atoms with Crippen LogP contribution in [-0.2, 0) is 6.54 Å². The number of hydrogen-bond donors (Lipinski definition) is 1. The largest absolute Gasteiger partial charge is 0.339 e. The van der Waals surface area contributed by atoms with Crippen molar-refractivity contribution < 1.29 is 9.32 Å². The van der Waals surface area contributed by atoms with Crippen LogP contribution in [0.2, 0.25) is 0 Å². The zero-order valence-corrected chi connectivity index (χ0v) is 15.8. The average Bonchev–Trinajstić information content (AvgIpc) is 3.28. The second-order valence-corrected chi connectivity index (χ2v) is 7.65. The zero-order chi connectivity index (χ0) is 18.8. The fourth-order valence-electron chi connectivity index (χ4n) is 3.73. The molecule has 0 spiro atoms. The van der Waals surface area contributed by atoms with E-state index in [0.717, 1.165) is 38.5 Å². The molecule has 9 nitrogen and oxygen atoms in total. The van der Waals surface area contributed by atoms with E-state index in [0.29, 0.717) is 36.4 Å². The smallest absolute Gasteiger partial charge is 0.276 e. The molecule has 2 fully saturated rings. The van der Waals surface area contributed by atoms with E-state index in [1.54, 1.807) is 11.1 Å². The molecule has 0 radical (unpaired) electrons. The predicted molar refractivity (Wildman–Crippen MR) is 96.8 cm³/mol. The highest BCUT2D eigenvalue weighted by Crippen LogP contribution is 2.35. The molecule has 146 valence electrons. The highest BCUT2D eigenvalue weighted by Gasteiger charge is 2.27. The molecule has 0 unspecified atom stereocenters. The number of amides is 1. The molecule has 0 aliphatic heterocycles. The molecule has 2 heterocycles. The van der Waals surface area contributed by atoms with Crippen molar-refractivity contribution >= 4 is 5.91 Å². The Morgan fingerprint density at radius 2 is 2.07 bits per heavy atom. The van der Waals surface area contributed by atoms with Crippen LogP contribution in [0.1, 0.15) is 86.0 Å². The van der Waals surface area contributed by atoms with E-state index in [1.807, 2.05) is 11.6 Å². The van der Waals surface area contributed by atoms with Crippen molar-refractivity contribution in [3.63, 3.8) is 0 Å². The van der Waals surface area contributed by atoms with E-state index >= 15 is 0 Å². The Morgan fingerprint density at radius 3 is 2.74 bits per heavy atom. The molecule has 2 aliphatic rings. The molecule has 27 heavy (non-hydrogen) atoms. The minimum Gasteiger partial charge on any atom is -0.339 e. The summed E-state index contributed by atoms with van der Waals surface area (Å²) in [5, 5.41) is 12.3. The van der Waals surface area contributed by atoms with Crippen LogP contribution in [0, 0.1) is 0 Å². The second-order valence-electron chi connectivity index (χ2n) is 7.65. The lowest BCUT2D eigenvalue weighted by Crippen LogP contribution is -2.31. The minimum atomic E-state index is -0.161. The minimum absolute atomic E-state index is 0.161. The summed E-state index contributed by atoms with van der Waals surface area (Å²) in [5.41, 5.74) is 6.32. The highest BCUT2D eigenvalue weighted by atomic mass is 16.5. The van der Waals surface area contributed by atoms with Crippen molar-refractivity contribution in [2.24, 2.45) is 5.73 Å². The van der Waals surface area contributed by atoms with Gasteiger partial charge >= 0.3 is 0 Å². The van der Waals surface area contributed by atoms with Gasteiger partial charge in [0, 0.05) is 18.5 Å². The molecule has 2 aliphatic carbocycles. The molecular weight excluding hydrogens is 346 g/mol. The van der Waals surface area contributed by atoms with Crippen LogP contribution in [0.3, 0.4) is 0 Å². The summed E-state index contributed by atoms with van der Waals surface area (Å²) in [4.78, 5) is 19.0. The quantitative estimate of drug-likeness (QED) is 0.823. The molecule has 9 heteroatoms. The van der Waals surface area contributed by atoms with Crippen LogP contribution in [0.15, 0.2) is 10.7 Å². The Kier molecular flexibility index (Phi) is 5.20.